The molecule has 0 fully saturated rings. The molecule has 0 N–H and O–H groups in total. The summed E-state index contributed by atoms with van der Waals surface area (Å²) in [6, 6.07) is 1.40. The summed E-state index contributed by atoms with van der Waals surface area (Å²) < 4.78 is 0. The fourth-order valence-corrected chi connectivity index (χ4v) is 1.51. The molecule has 1 rings (SSSR count). The van der Waals surface area contributed by atoms with Crippen LogP contribution in [0.3, 0.4) is 0 Å². The average Bonchev–Trinajstić information content (AvgIpc) is 2.19. The number of aromatic nitrogens is 2. The first kappa shape index (κ1) is 12.9. The van der Waals surface area contributed by atoms with Crippen molar-refractivity contribution in [3.05, 3.63) is 34.1 Å². The molecule has 0 spiro atoms. The molecule has 1 amide bonds. The Morgan fingerprint density at radius 1 is 1.50 bits per heavy atom. The zero-order valence-electron chi connectivity index (χ0n) is 9.00. The van der Waals surface area contributed by atoms with Gasteiger partial charge >= 0.3 is 0 Å². The molecule has 16 heavy (non-hydrogen) atoms. The van der Waals surface area contributed by atoms with Crippen LogP contribution in [0.25, 0.3) is 0 Å². The second-order valence-corrected chi connectivity index (χ2v) is 4.24. The minimum absolute atomic E-state index is 0.0444. The van der Waals surface area contributed by atoms with Crippen LogP contribution >= 0.6 is 23.2 Å². The summed E-state index contributed by atoms with van der Waals surface area (Å²) in [6.07, 6.45) is 0. The fourth-order valence-electron chi connectivity index (χ4n) is 1.19. The smallest absolute Gasteiger partial charge is 0.257 e. The molecule has 0 aromatic carbocycles. The predicted octanol–water partition coefficient (Wildman–Crippen LogP) is 2.43. The van der Waals surface area contributed by atoms with Crippen molar-refractivity contribution in [3.63, 3.8) is 0 Å². The first-order chi connectivity index (χ1) is 7.41. The standard InChI is InChI=1S/C10H11Cl2N3O/c1-6(2)5-15(3)10(16)7-4-8(11)13-14-9(7)12/h4H,1,5H2,2-3H3. The van der Waals surface area contributed by atoms with Crippen molar-refractivity contribution in [1.29, 1.82) is 0 Å². The molecule has 0 aliphatic carbocycles. The lowest BCUT2D eigenvalue weighted by Gasteiger charge is -2.17. The molecule has 0 aliphatic rings. The van der Waals surface area contributed by atoms with Crippen molar-refractivity contribution in [2.75, 3.05) is 13.6 Å². The number of hydrogen-bond donors (Lipinski definition) is 0. The van der Waals surface area contributed by atoms with Crippen molar-refractivity contribution in [1.82, 2.24) is 15.1 Å². The Balaban J connectivity index is 2.95. The summed E-state index contributed by atoms with van der Waals surface area (Å²) in [7, 11) is 1.65. The summed E-state index contributed by atoms with van der Waals surface area (Å²) in [6.45, 7) is 6.02. The normalized spacial score (nSPS) is 10.0. The van der Waals surface area contributed by atoms with Crippen LogP contribution in [0, 0.1) is 0 Å². The van der Waals surface area contributed by atoms with Crippen LogP contribution in [-0.4, -0.2) is 34.6 Å². The van der Waals surface area contributed by atoms with Gasteiger partial charge in [0.15, 0.2) is 10.3 Å². The van der Waals surface area contributed by atoms with E-state index >= 15 is 0 Å². The lowest BCUT2D eigenvalue weighted by Crippen LogP contribution is -2.28. The first-order valence-electron chi connectivity index (χ1n) is 4.50. The second kappa shape index (κ2) is 5.27. The van der Waals surface area contributed by atoms with Crippen LogP contribution in [0.1, 0.15) is 17.3 Å². The lowest BCUT2D eigenvalue weighted by molar-refractivity contribution is 0.0806. The number of carbonyl (C=O) groups is 1. The maximum Gasteiger partial charge on any atom is 0.257 e. The predicted molar refractivity (Wildman–Crippen MR) is 63.8 cm³/mol. The van der Waals surface area contributed by atoms with E-state index in [1.54, 1.807) is 7.05 Å². The number of likely N-dealkylation sites (N-methyl/N-ethyl adjacent to an activating group) is 1. The lowest BCUT2D eigenvalue weighted by atomic mass is 10.2. The van der Waals surface area contributed by atoms with Crippen LogP contribution < -0.4 is 0 Å². The van der Waals surface area contributed by atoms with Crippen molar-refractivity contribution in [3.8, 4) is 0 Å². The van der Waals surface area contributed by atoms with Gasteiger partial charge in [-0.25, -0.2) is 0 Å². The van der Waals surface area contributed by atoms with Crippen LogP contribution in [0.2, 0.25) is 10.3 Å². The van der Waals surface area contributed by atoms with E-state index in [4.69, 9.17) is 23.2 Å². The second-order valence-electron chi connectivity index (χ2n) is 3.49. The topological polar surface area (TPSA) is 46.1 Å². The Kier molecular flexibility index (Phi) is 4.26. The van der Waals surface area contributed by atoms with Crippen LogP contribution in [0.15, 0.2) is 18.2 Å². The molecular formula is C10H11Cl2N3O. The van der Waals surface area contributed by atoms with Gasteiger partial charge in [0.05, 0.1) is 5.56 Å². The van der Waals surface area contributed by atoms with Gasteiger partial charge in [-0.2, -0.15) is 0 Å². The fraction of sp³-hybridized carbons (Fsp3) is 0.300. The number of amides is 1. The van der Waals surface area contributed by atoms with Crippen molar-refractivity contribution < 1.29 is 4.79 Å². The molecule has 4 nitrogen and oxygen atoms in total. The van der Waals surface area contributed by atoms with Gasteiger partial charge < -0.3 is 4.90 Å². The van der Waals surface area contributed by atoms with Crippen molar-refractivity contribution in [2.45, 2.75) is 6.92 Å². The summed E-state index contributed by atoms with van der Waals surface area (Å²) in [5, 5.41) is 7.29. The van der Waals surface area contributed by atoms with Crippen LogP contribution in [0.5, 0.6) is 0 Å². The highest BCUT2D eigenvalue weighted by atomic mass is 35.5. The third-order valence-electron chi connectivity index (χ3n) is 1.80. The van der Waals surface area contributed by atoms with Gasteiger partial charge in [-0.3, -0.25) is 4.79 Å². The Morgan fingerprint density at radius 3 is 2.69 bits per heavy atom. The summed E-state index contributed by atoms with van der Waals surface area (Å²) >= 11 is 11.4. The van der Waals surface area contributed by atoms with Gasteiger partial charge in [0.1, 0.15) is 0 Å². The molecule has 1 heterocycles. The number of nitrogens with zero attached hydrogens (tertiary/aromatic N) is 3. The van der Waals surface area contributed by atoms with E-state index in [2.05, 4.69) is 16.8 Å². The molecule has 0 bridgehead atoms. The van der Waals surface area contributed by atoms with E-state index in [9.17, 15) is 4.79 Å². The van der Waals surface area contributed by atoms with E-state index in [1.807, 2.05) is 6.92 Å². The van der Waals surface area contributed by atoms with Gasteiger partial charge in [0.25, 0.3) is 5.91 Å². The summed E-state index contributed by atoms with van der Waals surface area (Å²) in [5.41, 5.74) is 1.12. The Bertz CT molecular complexity index is 434. The summed E-state index contributed by atoms with van der Waals surface area (Å²) in [5.74, 6) is -0.259. The molecule has 86 valence electrons. The van der Waals surface area contributed by atoms with Crippen LogP contribution in [-0.2, 0) is 0 Å². The molecule has 0 radical (unpaired) electrons. The van der Waals surface area contributed by atoms with Gasteiger partial charge in [-0.15, -0.1) is 10.2 Å². The molecule has 1 aromatic rings. The quantitative estimate of drug-likeness (QED) is 0.784. The number of rotatable bonds is 3. The SMILES string of the molecule is C=C(C)CN(C)C(=O)c1cc(Cl)nnc1Cl. The highest BCUT2D eigenvalue weighted by molar-refractivity contribution is 6.34. The average molecular weight is 260 g/mol. The third-order valence-corrected chi connectivity index (χ3v) is 2.27. The number of halogens is 2. The van der Waals surface area contributed by atoms with E-state index in [1.165, 1.54) is 11.0 Å². The van der Waals surface area contributed by atoms with E-state index < -0.39 is 0 Å². The van der Waals surface area contributed by atoms with Gasteiger partial charge in [-0.05, 0) is 13.0 Å². The van der Waals surface area contributed by atoms with Crippen molar-refractivity contribution in [2.24, 2.45) is 0 Å². The molecule has 0 saturated carbocycles. The Hall–Kier alpha value is -1.13. The Labute approximate surface area is 104 Å². The van der Waals surface area contributed by atoms with Gasteiger partial charge in [0.2, 0.25) is 0 Å². The largest absolute Gasteiger partial charge is 0.338 e. The van der Waals surface area contributed by atoms with E-state index in [-0.39, 0.29) is 21.8 Å². The highest BCUT2D eigenvalue weighted by Gasteiger charge is 2.17. The zero-order chi connectivity index (χ0) is 12.3. The van der Waals surface area contributed by atoms with Gasteiger partial charge in [0, 0.05) is 13.6 Å². The molecule has 6 heteroatoms. The third kappa shape index (κ3) is 3.18. The number of carbonyl (C=O) groups excluding carboxylic acids is 1. The maximum absolute atomic E-state index is 11.9. The number of hydrogen-bond acceptors (Lipinski definition) is 3. The molecule has 0 unspecified atom stereocenters. The highest BCUT2D eigenvalue weighted by Crippen LogP contribution is 2.17. The summed E-state index contributed by atoms with van der Waals surface area (Å²) in [4.78, 5) is 13.4. The van der Waals surface area contributed by atoms with Crippen LogP contribution in [0.4, 0.5) is 0 Å². The Morgan fingerprint density at radius 2 is 2.12 bits per heavy atom. The minimum atomic E-state index is -0.259. The maximum atomic E-state index is 11.9. The molecule has 0 saturated heterocycles. The first-order valence-corrected chi connectivity index (χ1v) is 5.26. The molecule has 0 atom stereocenters. The monoisotopic (exact) mass is 259 g/mol. The van der Waals surface area contributed by atoms with Crippen molar-refractivity contribution >= 4 is 29.1 Å². The van der Waals surface area contributed by atoms with E-state index in [0.717, 1.165) is 5.57 Å². The molecular weight excluding hydrogens is 249 g/mol. The van der Waals surface area contributed by atoms with Gasteiger partial charge in [-0.1, -0.05) is 35.4 Å². The van der Waals surface area contributed by atoms with E-state index in [0.29, 0.717) is 6.54 Å². The molecule has 0 aliphatic heterocycles. The zero-order valence-corrected chi connectivity index (χ0v) is 10.5. The molecule has 1 aromatic heterocycles. The minimum Gasteiger partial charge on any atom is -0.338 e.